The van der Waals surface area contributed by atoms with E-state index in [0.717, 1.165) is 161 Å². The third-order valence-electron chi connectivity index (χ3n) is 16.5. The van der Waals surface area contributed by atoms with Crippen LogP contribution in [-0.2, 0) is 65.4 Å². The zero-order chi connectivity index (χ0) is 84.5. The Hall–Kier alpha value is -7.40. The van der Waals surface area contributed by atoms with Crippen LogP contribution in [0.4, 0.5) is 0 Å². The van der Waals surface area contributed by atoms with Gasteiger partial charge in [0, 0.05) is 25.7 Å². The average molecular weight is 1650 g/mol. The maximum Gasteiger partial charge on any atom is 0.472 e. The van der Waals surface area contributed by atoms with Crippen LogP contribution < -0.4 is 0 Å². The highest BCUT2D eigenvalue weighted by Crippen LogP contribution is 2.45. The molecule has 0 saturated heterocycles. The van der Waals surface area contributed by atoms with E-state index in [1.807, 2.05) is 36.5 Å². The lowest BCUT2D eigenvalue weighted by Crippen LogP contribution is -2.30. The van der Waals surface area contributed by atoms with Crippen LogP contribution in [0.1, 0.15) is 272 Å². The highest BCUT2D eigenvalue weighted by molar-refractivity contribution is 7.47. The number of phosphoric ester groups is 2. The van der Waals surface area contributed by atoms with E-state index in [-0.39, 0.29) is 25.7 Å². The lowest BCUT2D eigenvalue weighted by atomic mass is 10.1. The molecule has 0 aliphatic rings. The summed E-state index contributed by atoms with van der Waals surface area (Å²) < 4.78 is 68.6. The summed E-state index contributed by atoms with van der Waals surface area (Å²) in [6, 6.07) is 0. The number of unbranched alkanes of at least 4 members (excludes halogenated alkanes) is 9. The molecular weight excluding hydrogens is 1500 g/mol. The molecule has 0 rings (SSSR count). The SMILES string of the molecule is CC/C=C\C/C=C\C/C=C\C/C=C\C/C=C\C/C=C\CCC(=O)OC[C@H](COP(=O)(O)OC[C@@H](O)COP(=O)(O)OC[C@@H](COC(=O)CCCCC/C=C\C/C=C\C/C=C\C/C=C\C/C=C\CC)OC(=O)CC/C=C\C/C=C\C/C=C\C/C=C\C/C=C\CCCCC)OC(=O)CCCCC/C=C\C/C=C\C/C=C\C/C=C\C/C=C\CC. The molecule has 0 radical (unpaired) electrons. The number of aliphatic hydroxyl groups excluding tert-OH is 1. The summed E-state index contributed by atoms with van der Waals surface area (Å²) >= 11 is 0. The Kier molecular flexibility index (Phi) is 80.0. The van der Waals surface area contributed by atoms with Gasteiger partial charge >= 0.3 is 39.5 Å². The molecule has 3 N–H and O–H groups in total. The summed E-state index contributed by atoms with van der Waals surface area (Å²) in [6.45, 7) is 4.22. The molecule has 648 valence electrons. The smallest absolute Gasteiger partial charge is 0.462 e. The summed E-state index contributed by atoms with van der Waals surface area (Å²) in [6.07, 6.45) is 114. The minimum Gasteiger partial charge on any atom is -0.462 e. The van der Waals surface area contributed by atoms with Gasteiger partial charge in [0.05, 0.1) is 26.4 Å². The predicted octanol–water partition coefficient (Wildman–Crippen LogP) is 26.1. The number of aliphatic hydroxyl groups is 1. The number of carbonyl (C=O) groups is 4. The van der Waals surface area contributed by atoms with Gasteiger partial charge < -0.3 is 33.8 Å². The number of hydrogen-bond acceptors (Lipinski definition) is 15. The van der Waals surface area contributed by atoms with Gasteiger partial charge in [0.15, 0.2) is 12.2 Å². The molecule has 0 aliphatic carbocycles. The second-order valence-electron chi connectivity index (χ2n) is 27.3. The van der Waals surface area contributed by atoms with Gasteiger partial charge in [-0.1, -0.05) is 309 Å². The van der Waals surface area contributed by atoms with Crippen molar-refractivity contribution in [2.45, 2.75) is 290 Å². The van der Waals surface area contributed by atoms with Gasteiger partial charge in [-0.2, -0.15) is 0 Å². The van der Waals surface area contributed by atoms with Gasteiger partial charge in [-0.25, -0.2) is 9.13 Å². The van der Waals surface area contributed by atoms with Gasteiger partial charge in [-0.05, 0) is 193 Å². The van der Waals surface area contributed by atoms with Crippen LogP contribution >= 0.6 is 15.6 Å². The van der Waals surface area contributed by atoms with Crippen LogP contribution in [-0.4, -0.2) is 96.7 Å². The van der Waals surface area contributed by atoms with Crippen molar-refractivity contribution in [3.8, 4) is 0 Å². The lowest BCUT2D eigenvalue weighted by molar-refractivity contribution is -0.161. The zero-order valence-corrected chi connectivity index (χ0v) is 72.8. The molecule has 17 nitrogen and oxygen atoms in total. The van der Waals surface area contributed by atoms with Gasteiger partial charge in [-0.15, -0.1) is 0 Å². The summed E-state index contributed by atoms with van der Waals surface area (Å²) in [5.74, 6) is -2.48. The number of allylic oxidation sites excluding steroid dienone is 42. The Bertz CT molecular complexity index is 3210. The predicted molar refractivity (Wildman–Crippen MR) is 481 cm³/mol. The molecular formula is C97H148O17P2. The molecule has 0 bridgehead atoms. The van der Waals surface area contributed by atoms with Gasteiger partial charge in [0.1, 0.15) is 19.3 Å². The number of ether oxygens (including phenoxy) is 4. The third kappa shape index (κ3) is 84.5. The van der Waals surface area contributed by atoms with Crippen LogP contribution in [0, 0.1) is 0 Å². The molecule has 116 heavy (non-hydrogen) atoms. The third-order valence-corrected chi connectivity index (χ3v) is 18.4. The summed E-state index contributed by atoms with van der Waals surface area (Å²) in [7, 11) is -10.1. The highest BCUT2D eigenvalue weighted by atomic mass is 31.2. The minimum absolute atomic E-state index is 0.0140. The second kappa shape index (κ2) is 85.5. The van der Waals surface area contributed by atoms with Crippen molar-refractivity contribution in [3.63, 3.8) is 0 Å². The van der Waals surface area contributed by atoms with E-state index in [2.05, 4.69) is 246 Å². The molecule has 0 amide bonds. The van der Waals surface area contributed by atoms with Crippen molar-refractivity contribution in [2.24, 2.45) is 0 Å². The van der Waals surface area contributed by atoms with Crippen molar-refractivity contribution in [3.05, 3.63) is 255 Å². The molecule has 5 atom stereocenters. The number of phosphoric acid groups is 2. The normalized spacial score (nSPS) is 15.0. The lowest BCUT2D eigenvalue weighted by Gasteiger charge is -2.21. The summed E-state index contributed by atoms with van der Waals surface area (Å²) in [5.41, 5.74) is 0. The first-order valence-electron chi connectivity index (χ1n) is 42.9. The average Bonchev–Trinajstić information content (AvgIpc) is 0.898. The number of carbonyl (C=O) groups excluding carboxylic acids is 4. The second-order valence-corrected chi connectivity index (χ2v) is 30.2. The Morgan fingerprint density at radius 1 is 0.250 bits per heavy atom. The molecule has 19 heteroatoms. The molecule has 0 spiro atoms. The van der Waals surface area contributed by atoms with Crippen LogP contribution in [0.2, 0.25) is 0 Å². The number of rotatable bonds is 77. The van der Waals surface area contributed by atoms with E-state index in [4.69, 9.17) is 37.0 Å². The monoisotopic (exact) mass is 1650 g/mol. The minimum atomic E-state index is -5.04. The van der Waals surface area contributed by atoms with E-state index in [9.17, 15) is 43.2 Å². The molecule has 0 aromatic rings. The molecule has 2 unspecified atom stereocenters. The molecule has 0 aromatic heterocycles. The molecule has 0 aliphatic heterocycles. The fourth-order valence-corrected chi connectivity index (χ4v) is 11.7. The largest absolute Gasteiger partial charge is 0.472 e. The Balaban J connectivity index is 5.64. The maximum atomic E-state index is 13.2. The van der Waals surface area contributed by atoms with Crippen molar-refractivity contribution >= 4 is 39.5 Å². The van der Waals surface area contributed by atoms with Crippen molar-refractivity contribution < 1.29 is 80.2 Å². The summed E-state index contributed by atoms with van der Waals surface area (Å²) in [4.78, 5) is 73.3. The van der Waals surface area contributed by atoms with Crippen LogP contribution in [0.15, 0.2) is 255 Å². The Labute approximate surface area is 700 Å². The fourth-order valence-electron chi connectivity index (χ4n) is 10.1. The molecule has 0 aromatic carbocycles. The first-order chi connectivity index (χ1) is 56.7. The first kappa shape index (κ1) is 109. The number of esters is 4. The van der Waals surface area contributed by atoms with E-state index in [0.29, 0.717) is 38.5 Å². The topological polar surface area (TPSA) is 237 Å². The van der Waals surface area contributed by atoms with Crippen molar-refractivity contribution in [2.75, 3.05) is 39.6 Å². The van der Waals surface area contributed by atoms with E-state index < -0.39 is 97.5 Å². The van der Waals surface area contributed by atoms with Gasteiger partial charge in [-0.3, -0.25) is 37.3 Å². The van der Waals surface area contributed by atoms with E-state index in [1.165, 1.54) is 19.3 Å². The summed E-state index contributed by atoms with van der Waals surface area (Å²) in [5, 5.41) is 10.7. The number of hydrogen-bond donors (Lipinski definition) is 3. The van der Waals surface area contributed by atoms with E-state index in [1.54, 1.807) is 0 Å². The van der Waals surface area contributed by atoms with Gasteiger partial charge in [0.25, 0.3) is 0 Å². The maximum absolute atomic E-state index is 13.2. The molecule has 0 fully saturated rings. The van der Waals surface area contributed by atoms with Crippen LogP contribution in [0.5, 0.6) is 0 Å². The quantitative estimate of drug-likeness (QED) is 0.0169. The standard InChI is InChI=1S/C97H148O17P2/c1-5-9-13-17-21-25-29-33-37-41-45-49-53-57-61-65-69-73-77-81-94(99)107-87-92(113-96(101)83-79-75-71-67-63-59-55-51-47-43-39-35-31-27-23-19-15-11-7-3)89-111-115(103,104)109-85-91(98)86-110-116(105,106)112-90-93(114-97(102)84-80-76-72-68-64-60-56-52-48-44-40-36-32-28-24-20-16-12-8-4)88-108-95(100)82-78-74-70-66-62-58-54-50-46-42-38-34-30-26-22-18-14-10-6-2/h9-11,13-15,21-28,33-40,45-52,57-64,69,72-73,76,91-93,98H,5-8,12,16-20,29-32,41-44,53-56,65-68,70-71,74-75,77-90H2,1-4H3,(H,103,104)(H,105,106)/b13-9-,14-10-,15-11-,25-21-,26-22-,27-23-,28-24-,37-33-,38-34-,39-35-,40-36-,49-45-,50-46-,51-47-,52-48-,61-57-,62-58-,63-59-,64-60-,73-69-,76-72-/t91-,92-,93-/m1/s1. The molecule has 0 heterocycles. The van der Waals surface area contributed by atoms with Crippen molar-refractivity contribution in [1.82, 2.24) is 0 Å². The zero-order valence-electron chi connectivity index (χ0n) is 71.0. The Morgan fingerprint density at radius 3 is 0.741 bits per heavy atom. The van der Waals surface area contributed by atoms with Crippen molar-refractivity contribution in [1.29, 1.82) is 0 Å². The fraction of sp³-hybridized carbons (Fsp3) is 0.526. The first-order valence-corrected chi connectivity index (χ1v) is 45.9. The van der Waals surface area contributed by atoms with E-state index >= 15 is 0 Å². The molecule has 0 saturated carbocycles. The van der Waals surface area contributed by atoms with Gasteiger partial charge in [0.2, 0.25) is 0 Å². The Morgan fingerprint density at radius 2 is 0.466 bits per heavy atom. The van der Waals surface area contributed by atoms with Crippen LogP contribution in [0.3, 0.4) is 0 Å². The van der Waals surface area contributed by atoms with Crippen LogP contribution in [0.25, 0.3) is 0 Å². The highest BCUT2D eigenvalue weighted by Gasteiger charge is 2.30.